The van der Waals surface area contributed by atoms with Gasteiger partial charge >= 0.3 is 0 Å². The first kappa shape index (κ1) is 23.5. The van der Waals surface area contributed by atoms with E-state index in [0.29, 0.717) is 43.3 Å². The number of amides is 1. The van der Waals surface area contributed by atoms with Crippen LogP contribution < -0.4 is 5.32 Å². The second-order valence-corrected chi connectivity index (χ2v) is 10.9. The Morgan fingerprint density at radius 3 is 2.26 bits per heavy atom. The monoisotopic (exact) mass is 446 g/mol. The summed E-state index contributed by atoms with van der Waals surface area (Å²) in [7, 11) is -3.53. The second kappa shape index (κ2) is 9.53. The molecular formula is C23H34N4O3S. The van der Waals surface area contributed by atoms with Crippen LogP contribution in [0.2, 0.25) is 0 Å². The third-order valence-corrected chi connectivity index (χ3v) is 7.86. The van der Waals surface area contributed by atoms with Crippen molar-refractivity contribution >= 4 is 15.9 Å². The molecule has 7 nitrogen and oxygen atoms in total. The minimum absolute atomic E-state index is 0.00707. The average Bonchev–Trinajstić information content (AvgIpc) is 3.04. The molecule has 2 heterocycles. The van der Waals surface area contributed by atoms with E-state index >= 15 is 0 Å². The van der Waals surface area contributed by atoms with Crippen LogP contribution in [0.1, 0.15) is 56.5 Å². The lowest BCUT2D eigenvalue weighted by Crippen LogP contribution is -2.45. The van der Waals surface area contributed by atoms with Crippen LogP contribution in [0, 0.1) is 19.8 Å². The zero-order valence-corrected chi connectivity index (χ0v) is 19.9. The summed E-state index contributed by atoms with van der Waals surface area (Å²) in [5.41, 5.74) is 3.14. The van der Waals surface area contributed by atoms with Gasteiger partial charge in [-0.15, -0.1) is 0 Å². The van der Waals surface area contributed by atoms with Gasteiger partial charge in [0.25, 0.3) is 0 Å². The smallest absolute Gasteiger partial charge is 0.243 e. The molecule has 0 unspecified atom stereocenters. The zero-order valence-electron chi connectivity index (χ0n) is 19.1. The largest absolute Gasteiger partial charge is 0.352 e. The number of nitrogens with one attached hydrogen (secondary N) is 1. The summed E-state index contributed by atoms with van der Waals surface area (Å²) < 4.78 is 29.4. The zero-order chi connectivity index (χ0) is 22.8. The number of rotatable bonds is 7. The minimum Gasteiger partial charge on any atom is -0.352 e. The van der Waals surface area contributed by atoms with E-state index < -0.39 is 10.0 Å². The van der Waals surface area contributed by atoms with Crippen molar-refractivity contribution in [2.24, 2.45) is 5.92 Å². The number of hydrogen-bond acceptors (Lipinski definition) is 4. The molecule has 170 valence electrons. The van der Waals surface area contributed by atoms with Gasteiger partial charge in [-0.2, -0.15) is 9.40 Å². The number of nitrogens with zero attached hydrogens (tertiary/aromatic N) is 3. The standard InChI is InChI=1S/C23H34N4O3S/c1-16(2)20-6-8-22(9-7-20)31(29,30)26-12-10-21(11-13-26)23(28)24-18(4)15-27-19(5)14-17(3)25-27/h6-9,14,16,18,21H,10-13,15H2,1-5H3,(H,24,28)/t18-/m1/s1. The number of sulfonamides is 1. The summed E-state index contributed by atoms with van der Waals surface area (Å²) in [5.74, 6) is 0.180. The van der Waals surface area contributed by atoms with Gasteiger partial charge in [0, 0.05) is 30.7 Å². The molecule has 1 aliphatic heterocycles. The Kier molecular flexibility index (Phi) is 7.21. The summed E-state index contributed by atoms with van der Waals surface area (Å²) in [6, 6.07) is 9.09. The Labute approximate surface area is 185 Å². The third kappa shape index (κ3) is 5.54. The average molecular weight is 447 g/mol. The van der Waals surface area contributed by atoms with Gasteiger partial charge in [-0.05, 0) is 63.3 Å². The van der Waals surface area contributed by atoms with Gasteiger partial charge in [0.1, 0.15) is 0 Å². The van der Waals surface area contributed by atoms with Crippen molar-refractivity contribution in [3.8, 4) is 0 Å². The summed E-state index contributed by atoms with van der Waals surface area (Å²) in [6.07, 6.45) is 1.06. The highest BCUT2D eigenvalue weighted by Gasteiger charge is 2.32. The van der Waals surface area contributed by atoms with E-state index in [4.69, 9.17) is 0 Å². The van der Waals surface area contributed by atoms with E-state index in [-0.39, 0.29) is 17.9 Å². The highest BCUT2D eigenvalue weighted by atomic mass is 32.2. The van der Waals surface area contributed by atoms with Crippen molar-refractivity contribution in [3.05, 3.63) is 47.3 Å². The van der Waals surface area contributed by atoms with Crippen molar-refractivity contribution in [1.29, 1.82) is 0 Å². The molecule has 0 bridgehead atoms. The fourth-order valence-corrected chi connectivity index (χ4v) is 5.53. The predicted molar refractivity (Wildman–Crippen MR) is 121 cm³/mol. The van der Waals surface area contributed by atoms with E-state index in [0.717, 1.165) is 17.0 Å². The van der Waals surface area contributed by atoms with Gasteiger partial charge in [-0.25, -0.2) is 8.42 Å². The van der Waals surface area contributed by atoms with Crippen LogP contribution in [0.5, 0.6) is 0 Å². The van der Waals surface area contributed by atoms with Gasteiger partial charge in [0.2, 0.25) is 15.9 Å². The lowest BCUT2D eigenvalue weighted by atomic mass is 9.97. The molecule has 31 heavy (non-hydrogen) atoms. The second-order valence-electron chi connectivity index (χ2n) is 8.92. The number of aryl methyl sites for hydroxylation is 2. The van der Waals surface area contributed by atoms with Crippen molar-refractivity contribution in [2.75, 3.05) is 13.1 Å². The Morgan fingerprint density at radius 2 is 1.74 bits per heavy atom. The number of carbonyl (C=O) groups is 1. The predicted octanol–water partition coefficient (Wildman–Crippen LogP) is 3.23. The molecule has 1 N–H and O–H groups in total. The lowest BCUT2D eigenvalue weighted by molar-refractivity contribution is -0.126. The molecule has 1 aliphatic rings. The minimum atomic E-state index is -3.53. The Balaban J connectivity index is 1.54. The van der Waals surface area contributed by atoms with Crippen LogP contribution in [0.15, 0.2) is 35.2 Å². The first-order valence-corrected chi connectivity index (χ1v) is 12.4. The van der Waals surface area contributed by atoms with Crippen LogP contribution in [0.25, 0.3) is 0 Å². The van der Waals surface area contributed by atoms with Crippen molar-refractivity contribution in [1.82, 2.24) is 19.4 Å². The van der Waals surface area contributed by atoms with Crippen LogP contribution in [0.3, 0.4) is 0 Å². The molecule has 0 aliphatic carbocycles. The Bertz CT molecular complexity index is 1000. The van der Waals surface area contributed by atoms with Crippen molar-refractivity contribution in [3.63, 3.8) is 0 Å². The van der Waals surface area contributed by atoms with Gasteiger partial charge in [0.05, 0.1) is 17.1 Å². The number of piperidine rings is 1. The highest BCUT2D eigenvalue weighted by Crippen LogP contribution is 2.25. The molecule has 0 spiro atoms. The molecule has 1 fully saturated rings. The normalized spacial score (nSPS) is 17.1. The summed E-state index contributed by atoms with van der Waals surface area (Å²) in [6.45, 7) is 11.4. The maximum absolute atomic E-state index is 13.0. The molecule has 1 aromatic carbocycles. The number of hydrogen-bond donors (Lipinski definition) is 1. The van der Waals surface area contributed by atoms with Gasteiger partial charge in [0.15, 0.2) is 0 Å². The molecule has 1 saturated heterocycles. The number of aromatic nitrogens is 2. The summed E-state index contributed by atoms with van der Waals surface area (Å²) >= 11 is 0. The van der Waals surface area contributed by atoms with Crippen LogP contribution in [-0.2, 0) is 21.4 Å². The quantitative estimate of drug-likeness (QED) is 0.708. The van der Waals surface area contributed by atoms with E-state index in [2.05, 4.69) is 24.3 Å². The molecule has 8 heteroatoms. The maximum Gasteiger partial charge on any atom is 0.243 e. The molecular weight excluding hydrogens is 412 g/mol. The maximum atomic E-state index is 13.0. The van der Waals surface area contributed by atoms with Gasteiger partial charge in [-0.3, -0.25) is 9.48 Å². The van der Waals surface area contributed by atoms with E-state index in [1.165, 1.54) is 4.31 Å². The molecule has 0 saturated carbocycles. The topological polar surface area (TPSA) is 84.3 Å². The molecule has 2 aromatic rings. The molecule has 1 aromatic heterocycles. The molecule has 0 radical (unpaired) electrons. The first-order chi connectivity index (χ1) is 14.6. The summed E-state index contributed by atoms with van der Waals surface area (Å²) in [5, 5.41) is 7.51. The van der Waals surface area contributed by atoms with E-state index in [1.807, 2.05) is 43.7 Å². The van der Waals surface area contributed by atoms with Gasteiger partial charge < -0.3 is 5.32 Å². The summed E-state index contributed by atoms with van der Waals surface area (Å²) in [4.78, 5) is 13.0. The van der Waals surface area contributed by atoms with Crippen molar-refractivity contribution < 1.29 is 13.2 Å². The van der Waals surface area contributed by atoms with E-state index in [9.17, 15) is 13.2 Å². The molecule has 1 amide bonds. The van der Waals surface area contributed by atoms with Crippen LogP contribution in [0.4, 0.5) is 0 Å². The number of benzene rings is 1. The van der Waals surface area contributed by atoms with Gasteiger partial charge in [-0.1, -0.05) is 26.0 Å². The van der Waals surface area contributed by atoms with E-state index in [1.54, 1.807) is 12.1 Å². The Morgan fingerprint density at radius 1 is 1.13 bits per heavy atom. The first-order valence-electron chi connectivity index (χ1n) is 11.0. The molecule has 1 atom stereocenters. The highest BCUT2D eigenvalue weighted by molar-refractivity contribution is 7.89. The SMILES string of the molecule is Cc1cc(C)n(C[C@@H](C)NC(=O)C2CCN(S(=O)(=O)c3ccc(C(C)C)cc3)CC2)n1. The van der Waals surface area contributed by atoms with Crippen LogP contribution in [-0.4, -0.2) is 47.5 Å². The number of carbonyl (C=O) groups excluding carboxylic acids is 1. The van der Waals surface area contributed by atoms with Crippen LogP contribution >= 0.6 is 0 Å². The van der Waals surface area contributed by atoms with Crippen molar-refractivity contribution in [2.45, 2.75) is 70.9 Å². The fraction of sp³-hybridized carbons (Fsp3) is 0.565. The Hall–Kier alpha value is -2.19. The third-order valence-electron chi connectivity index (χ3n) is 5.95. The fourth-order valence-electron chi connectivity index (χ4n) is 4.06. The lowest BCUT2D eigenvalue weighted by Gasteiger charge is -2.31. The molecule has 3 rings (SSSR count).